The van der Waals surface area contributed by atoms with Gasteiger partial charge in [-0.05, 0) is 42.9 Å². The zero-order valence-corrected chi connectivity index (χ0v) is 20.7. The monoisotopic (exact) mass is 523 g/mol. The number of amides is 1. The van der Waals surface area contributed by atoms with Crippen LogP contribution in [0.25, 0.3) is 22.3 Å². The molecule has 0 saturated carbocycles. The predicted molar refractivity (Wildman–Crippen MR) is 132 cm³/mol. The molecule has 38 heavy (non-hydrogen) atoms. The molecule has 2 aliphatic heterocycles. The van der Waals surface area contributed by atoms with Crippen molar-refractivity contribution < 1.29 is 33.7 Å². The summed E-state index contributed by atoms with van der Waals surface area (Å²) in [6, 6.07) is 2.98. The van der Waals surface area contributed by atoms with E-state index in [1.807, 2.05) is 0 Å². The largest absolute Gasteiger partial charge is 0.458 e. The first kappa shape index (κ1) is 24.5. The number of pyridine rings is 2. The number of rotatable bonds is 5. The third-order valence-electron chi connectivity index (χ3n) is 7.85. The van der Waals surface area contributed by atoms with Crippen LogP contribution in [-0.4, -0.2) is 45.0 Å². The molecule has 3 aromatic rings. The molecule has 0 radical (unpaired) electrons. The Morgan fingerprint density at radius 1 is 1.24 bits per heavy atom. The van der Waals surface area contributed by atoms with E-state index in [-0.39, 0.29) is 56.0 Å². The van der Waals surface area contributed by atoms with Crippen LogP contribution in [0.4, 0.5) is 9.18 Å². The maximum Gasteiger partial charge on any atom is 0.407 e. The number of ether oxygens (including phenoxy) is 2. The van der Waals surface area contributed by atoms with Crippen LogP contribution in [0.2, 0.25) is 0 Å². The number of aliphatic hydroxyl groups is 2. The van der Waals surface area contributed by atoms with E-state index in [1.54, 1.807) is 17.6 Å². The number of hydrogen-bond acceptors (Lipinski definition) is 8. The Balaban J connectivity index is 1.50. The summed E-state index contributed by atoms with van der Waals surface area (Å²) in [5.74, 6) is -1.30. The number of nitrogens with zero attached hydrogens (tertiary/aromatic N) is 2. The van der Waals surface area contributed by atoms with Gasteiger partial charge in [0.05, 0.1) is 35.6 Å². The highest BCUT2D eigenvalue weighted by molar-refractivity contribution is 5.93. The van der Waals surface area contributed by atoms with E-state index in [0.717, 1.165) is 28.5 Å². The zero-order chi connectivity index (χ0) is 26.8. The second kappa shape index (κ2) is 8.88. The van der Waals surface area contributed by atoms with Gasteiger partial charge in [-0.3, -0.25) is 4.79 Å². The SMILES string of the molecule is CC[C@@]1(O)C(=O)OCc2c1cc1n(c2=O)Cc2c-1nc1cc(F)c(CNC(=O)OCCO)c3c1c2CCC3. The second-order valence-electron chi connectivity index (χ2n) is 9.80. The molecule has 1 atom stereocenters. The number of benzene rings is 1. The summed E-state index contributed by atoms with van der Waals surface area (Å²) in [6.07, 6.45) is 1.37. The van der Waals surface area contributed by atoms with Crippen LogP contribution in [0.5, 0.6) is 0 Å². The van der Waals surface area contributed by atoms with Gasteiger partial charge in [-0.1, -0.05) is 6.92 Å². The molecule has 4 heterocycles. The molecule has 0 unspecified atom stereocenters. The van der Waals surface area contributed by atoms with Crippen molar-refractivity contribution in [2.45, 2.75) is 57.9 Å². The standard InChI is InChI=1S/C27H26FN3O7/c1-2-27(36)18-8-21-23-16(11-31(21)24(33)17(18)12-38-25(27)34)14-5-3-4-13-15(10-29-26(35)37-7-6-32)19(28)9-20(30-23)22(13)14/h8-9,32,36H,2-7,10-12H2,1H3,(H,29,35)/t27-/m0/s1. The molecule has 1 aromatic carbocycles. The highest BCUT2D eigenvalue weighted by Crippen LogP contribution is 2.43. The average molecular weight is 524 g/mol. The Hall–Kier alpha value is -3.83. The van der Waals surface area contributed by atoms with E-state index in [4.69, 9.17) is 19.6 Å². The molecule has 1 aliphatic carbocycles. The number of cyclic esters (lactones) is 1. The summed E-state index contributed by atoms with van der Waals surface area (Å²) in [4.78, 5) is 42.6. The highest BCUT2D eigenvalue weighted by Gasteiger charge is 2.45. The van der Waals surface area contributed by atoms with Crippen molar-refractivity contribution in [3.05, 3.63) is 61.7 Å². The Morgan fingerprint density at radius 3 is 2.79 bits per heavy atom. The van der Waals surface area contributed by atoms with E-state index >= 15 is 4.39 Å². The quantitative estimate of drug-likeness (QED) is 0.337. The highest BCUT2D eigenvalue weighted by atomic mass is 19.1. The van der Waals surface area contributed by atoms with Crippen molar-refractivity contribution in [1.82, 2.24) is 14.9 Å². The summed E-state index contributed by atoms with van der Waals surface area (Å²) in [5.41, 5.74) is 2.64. The second-order valence-corrected chi connectivity index (χ2v) is 9.80. The number of carbonyl (C=O) groups excluding carboxylic acids is 2. The van der Waals surface area contributed by atoms with Crippen LogP contribution < -0.4 is 10.9 Å². The minimum absolute atomic E-state index is 0.0455. The predicted octanol–water partition coefficient (Wildman–Crippen LogP) is 1.93. The third-order valence-corrected chi connectivity index (χ3v) is 7.85. The first-order valence-corrected chi connectivity index (χ1v) is 12.6. The summed E-state index contributed by atoms with van der Waals surface area (Å²) in [5, 5.41) is 23.3. The lowest BCUT2D eigenvalue weighted by atomic mass is 9.84. The smallest absolute Gasteiger partial charge is 0.407 e. The van der Waals surface area contributed by atoms with E-state index in [9.17, 15) is 19.5 Å². The summed E-state index contributed by atoms with van der Waals surface area (Å²) >= 11 is 0. The number of fused-ring (bicyclic) bond motifs is 5. The number of alkyl carbamates (subject to hydrolysis) is 1. The minimum atomic E-state index is -1.92. The van der Waals surface area contributed by atoms with E-state index in [0.29, 0.717) is 35.3 Å². The lowest BCUT2D eigenvalue weighted by molar-refractivity contribution is -0.172. The van der Waals surface area contributed by atoms with Crippen molar-refractivity contribution in [1.29, 1.82) is 0 Å². The fourth-order valence-electron chi connectivity index (χ4n) is 5.96. The number of aliphatic hydroxyl groups excluding tert-OH is 1. The lowest BCUT2D eigenvalue weighted by Crippen LogP contribution is -2.44. The van der Waals surface area contributed by atoms with Gasteiger partial charge in [0.25, 0.3) is 5.56 Å². The van der Waals surface area contributed by atoms with Crippen LogP contribution >= 0.6 is 0 Å². The molecule has 10 nitrogen and oxygen atoms in total. The van der Waals surface area contributed by atoms with Gasteiger partial charge in [0.1, 0.15) is 19.0 Å². The molecule has 11 heteroatoms. The molecule has 0 bridgehead atoms. The van der Waals surface area contributed by atoms with E-state index < -0.39 is 23.5 Å². The Kier molecular flexibility index (Phi) is 5.73. The number of aryl methyl sites for hydroxylation is 2. The summed E-state index contributed by atoms with van der Waals surface area (Å²) < 4.78 is 26.9. The maximum atomic E-state index is 15.3. The minimum Gasteiger partial charge on any atom is -0.458 e. The van der Waals surface area contributed by atoms with Crippen LogP contribution in [-0.2, 0) is 52.4 Å². The first-order chi connectivity index (χ1) is 18.3. The van der Waals surface area contributed by atoms with Crippen molar-refractivity contribution in [3.63, 3.8) is 0 Å². The van der Waals surface area contributed by atoms with E-state index in [1.165, 1.54) is 6.07 Å². The Labute approximate surface area is 216 Å². The fraction of sp³-hybridized carbons (Fsp3) is 0.407. The first-order valence-electron chi connectivity index (χ1n) is 12.6. The summed E-state index contributed by atoms with van der Waals surface area (Å²) in [7, 11) is 0. The number of nitrogens with one attached hydrogen (secondary N) is 1. The number of carbonyl (C=O) groups is 2. The Bertz CT molecular complexity index is 1600. The van der Waals surface area contributed by atoms with Gasteiger partial charge in [0.2, 0.25) is 0 Å². The van der Waals surface area contributed by atoms with Crippen molar-refractivity contribution >= 4 is 23.0 Å². The normalized spacial score (nSPS) is 19.0. The topological polar surface area (TPSA) is 140 Å². The fourth-order valence-corrected chi connectivity index (χ4v) is 5.96. The number of hydrogen-bond donors (Lipinski definition) is 3. The molecule has 1 amide bonds. The van der Waals surface area contributed by atoms with Crippen molar-refractivity contribution in [3.8, 4) is 11.4 Å². The molecule has 3 aliphatic rings. The maximum absolute atomic E-state index is 15.3. The van der Waals surface area contributed by atoms with Gasteiger partial charge in [-0.25, -0.2) is 19.0 Å². The third kappa shape index (κ3) is 3.45. The summed E-state index contributed by atoms with van der Waals surface area (Å²) in [6.45, 7) is 1.17. The molecule has 6 rings (SSSR count). The average Bonchev–Trinajstić information content (AvgIpc) is 3.28. The molecule has 0 fully saturated rings. The van der Waals surface area contributed by atoms with Crippen molar-refractivity contribution in [2.75, 3.05) is 13.2 Å². The molecule has 198 valence electrons. The van der Waals surface area contributed by atoms with Gasteiger partial charge >= 0.3 is 12.1 Å². The lowest BCUT2D eigenvalue weighted by Gasteiger charge is -2.31. The number of aromatic nitrogens is 2. The zero-order valence-electron chi connectivity index (χ0n) is 20.7. The Morgan fingerprint density at radius 2 is 2.03 bits per heavy atom. The number of esters is 1. The molecular formula is C27H26FN3O7. The molecule has 0 spiro atoms. The van der Waals surface area contributed by atoms with Gasteiger partial charge in [-0.15, -0.1) is 0 Å². The van der Waals surface area contributed by atoms with Crippen LogP contribution in [0, 0.1) is 5.82 Å². The van der Waals surface area contributed by atoms with Gasteiger partial charge in [0.15, 0.2) is 5.60 Å². The van der Waals surface area contributed by atoms with Gasteiger partial charge in [0, 0.05) is 34.7 Å². The number of halogens is 1. The molecule has 2 aromatic heterocycles. The van der Waals surface area contributed by atoms with E-state index in [2.05, 4.69) is 5.32 Å². The van der Waals surface area contributed by atoms with Gasteiger partial charge in [-0.2, -0.15) is 0 Å². The molecular weight excluding hydrogens is 497 g/mol. The van der Waals surface area contributed by atoms with Crippen LogP contribution in [0.3, 0.4) is 0 Å². The van der Waals surface area contributed by atoms with Crippen LogP contribution in [0.15, 0.2) is 16.9 Å². The van der Waals surface area contributed by atoms with Gasteiger partial charge < -0.3 is 29.6 Å². The molecule has 3 N–H and O–H groups in total. The van der Waals surface area contributed by atoms with Crippen molar-refractivity contribution in [2.24, 2.45) is 0 Å². The van der Waals surface area contributed by atoms with Crippen LogP contribution in [0.1, 0.15) is 53.1 Å². The molecule has 0 saturated heterocycles.